The highest BCUT2D eigenvalue weighted by Gasteiger charge is 2.26. The number of aromatic nitrogens is 2. The maximum atomic E-state index is 2.61. The van der Waals surface area contributed by atoms with Gasteiger partial charge in [-0.1, -0.05) is 154 Å². The van der Waals surface area contributed by atoms with Gasteiger partial charge in [-0.25, -0.2) is 0 Å². The molecule has 0 saturated heterocycles. The largest absolute Gasteiger partial charge is 0.310 e. The number of hydrogen-bond donors (Lipinski definition) is 0. The van der Waals surface area contributed by atoms with E-state index in [1.54, 1.807) is 0 Å². The lowest BCUT2D eigenvalue weighted by molar-refractivity contribution is 1.19. The van der Waals surface area contributed by atoms with Gasteiger partial charge in [0.05, 0.1) is 16.7 Å². The summed E-state index contributed by atoms with van der Waals surface area (Å²) in [5.41, 5.74) is 24.3. The number of para-hydroxylation sites is 1. The van der Waals surface area contributed by atoms with E-state index in [4.69, 9.17) is 0 Å². The van der Waals surface area contributed by atoms with Gasteiger partial charge in [-0.3, -0.25) is 0 Å². The van der Waals surface area contributed by atoms with Crippen molar-refractivity contribution in [3.63, 3.8) is 0 Å². The van der Waals surface area contributed by atoms with Crippen molar-refractivity contribution >= 4 is 168 Å². The van der Waals surface area contributed by atoms with Crippen LogP contribution in [0, 0.1) is 0 Å². The molecule has 64 heavy (non-hydrogen) atoms. The summed E-state index contributed by atoms with van der Waals surface area (Å²) in [7, 11) is 16.4. The van der Waals surface area contributed by atoms with Crippen LogP contribution in [0.2, 0.25) is 0 Å². The Morgan fingerprint density at radius 2 is 0.953 bits per heavy atom. The fourth-order valence-electron chi connectivity index (χ4n) is 11.1. The van der Waals surface area contributed by atoms with Crippen LogP contribution in [-0.4, -0.2) is 64.1 Å². The van der Waals surface area contributed by atoms with Crippen LogP contribution in [0.1, 0.15) is 0 Å². The van der Waals surface area contributed by atoms with Crippen molar-refractivity contribution in [1.29, 1.82) is 0 Å². The zero-order valence-electron chi connectivity index (χ0n) is 37.4. The minimum atomic E-state index is 1.18. The second-order valence-corrected chi connectivity index (χ2v) is 18.9. The maximum absolute atomic E-state index is 2.61. The van der Waals surface area contributed by atoms with E-state index in [0.717, 1.165) is 0 Å². The molecule has 294 valence electrons. The number of benzene rings is 9. The highest BCUT2D eigenvalue weighted by atomic mass is 32.1. The van der Waals surface area contributed by atoms with Gasteiger partial charge in [-0.05, 0) is 75.7 Å². The Bertz CT molecular complexity index is 3930. The topological polar surface area (TPSA) is 9.86 Å². The molecule has 12 rings (SSSR count). The van der Waals surface area contributed by atoms with Gasteiger partial charge < -0.3 is 9.13 Å². The molecule has 2 nitrogen and oxygen atoms in total. The second kappa shape index (κ2) is 14.7. The van der Waals surface area contributed by atoms with Crippen molar-refractivity contribution in [2.75, 3.05) is 0 Å². The lowest BCUT2D eigenvalue weighted by Gasteiger charge is -2.20. The van der Waals surface area contributed by atoms with Gasteiger partial charge >= 0.3 is 0 Å². The van der Waals surface area contributed by atoms with Crippen LogP contribution >= 0.6 is 11.3 Å². The van der Waals surface area contributed by atoms with Gasteiger partial charge in [0, 0.05) is 58.6 Å². The minimum absolute atomic E-state index is 1.18. The molecule has 12 aromatic rings. The quantitative estimate of drug-likeness (QED) is 0.237. The Kier molecular flexibility index (Phi) is 8.91. The Hall–Kier alpha value is -6.75. The molecule has 9 aromatic carbocycles. The highest BCUT2D eigenvalue weighted by Crippen LogP contribution is 2.42. The van der Waals surface area contributed by atoms with Crippen LogP contribution in [0.25, 0.3) is 109 Å². The van der Waals surface area contributed by atoms with Gasteiger partial charge in [-0.2, -0.15) is 0 Å². The molecular formula is C54H41B7N2S. The predicted molar refractivity (Wildman–Crippen MR) is 302 cm³/mol. The molecule has 0 spiro atoms. The Labute approximate surface area is 383 Å². The van der Waals surface area contributed by atoms with Crippen LogP contribution < -0.4 is 38.2 Å². The van der Waals surface area contributed by atoms with Crippen molar-refractivity contribution in [2.45, 2.75) is 0 Å². The Morgan fingerprint density at radius 3 is 1.72 bits per heavy atom. The first-order valence-electron chi connectivity index (χ1n) is 22.4. The second-order valence-electron chi connectivity index (χ2n) is 17.8. The molecule has 0 fully saturated rings. The van der Waals surface area contributed by atoms with E-state index in [2.05, 4.69) is 228 Å². The number of rotatable bonds is 5. The van der Waals surface area contributed by atoms with E-state index < -0.39 is 0 Å². The molecule has 0 radical (unpaired) electrons. The van der Waals surface area contributed by atoms with Gasteiger partial charge in [0.1, 0.15) is 54.9 Å². The van der Waals surface area contributed by atoms with Crippen LogP contribution in [0.5, 0.6) is 0 Å². The number of fused-ring (bicyclic) bond motifs is 9. The standard InChI is InChI=1S/C54H41B7N2S/c55-46-42(47(56)51(60)53-44(46)45-48(57)49(58)50(59)52(61)54(45)63(53)37-19-9-7-16-32(37)28-12-3-1-4-13-28)30-22-25-38-36(26-30)43-33(29-14-5-2-6-15-29)18-11-20-39(43)62(38)31-23-24-35-34-17-8-10-21-40(34)64-41(35)27-31/h1-27H,55-61H2. The van der Waals surface area contributed by atoms with Crippen molar-refractivity contribution in [3.8, 4) is 44.8 Å². The Morgan fingerprint density at radius 1 is 0.344 bits per heavy atom. The molecule has 0 saturated carbocycles. The summed E-state index contributed by atoms with van der Waals surface area (Å²) in [5, 5.41) is 7.89. The van der Waals surface area contributed by atoms with E-state index in [0.29, 0.717) is 0 Å². The van der Waals surface area contributed by atoms with Crippen LogP contribution in [0.15, 0.2) is 164 Å². The van der Waals surface area contributed by atoms with Gasteiger partial charge in [-0.15, -0.1) is 16.8 Å². The highest BCUT2D eigenvalue weighted by molar-refractivity contribution is 7.25. The predicted octanol–water partition coefficient (Wildman–Crippen LogP) is 3.06. The van der Waals surface area contributed by atoms with Crippen molar-refractivity contribution in [3.05, 3.63) is 164 Å². The molecule has 0 N–H and O–H groups in total. The molecule has 0 amide bonds. The van der Waals surface area contributed by atoms with Gasteiger partial charge in [0.25, 0.3) is 0 Å². The van der Waals surface area contributed by atoms with Crippen molar-refractivity contribution in [1.82, 2.24) is 9.13 Å². The zero-order chi connectivity index (χ0) is 43.5. The maximum Gasteiger partial charge on any atom is 0.141 e. The number of thiophene rings is 1. The molecule has 3 aromatic heterocycles. The molecule has 0 aliphatic carbocycles. The third-order valence-corrected chi connectivity index (χ3v) is 15.8. The van der Waals surface area contributed by atoms with E-state index in [1.807, 2.05) is 11.3 Å². The normalized spacial score (nSPS) is 11.9. The Balaban J connectivity index is 1.17. The summed E-state index contributed by atoms with van der Waals surface area (Å²) in [4.78, 5) is 0. The average Bonchev–Trinajstić information content (AvgIpc) is 4.00. The summed E-state index contributed by atoms with van der Waals surface area (Å²) < 4.78 is 7.73. The summed E-state index contributed by atoms with van der Waals surface area (Å²) >= 11 is 1.88. The average molecular weight is 826 g/mol. The first-order valence-corrected chi connectivity index (χ1v) is 23.3. The molecule has 0 unspecified atom stereocenters. The molecule has 0 bridgehead atoms. The van der Waals surface area contributed by atoms with Crippen LogP contribution in [-0.2, 0) is 0 Å². The smallest absolute Gasteiger partial charge is 0.141 e. The molecule has 0 atom stereocenters. The van der Waals surface area contributed by atoms with Crippen LogP contribution in [0.3, 0.4) is 0 Å². The number of nitrogens with zero attached hydrogens (tertiary/aromatic N) is 2. The summed E-state index contributed by atoms with van der Waals surface area (Å²) in [6, 6.07) is 60.7. The molecule has 0 aliphatic heterocycles. The minimum Gasteiger partial charge on any atom is -0.310 e. The molecule has 0 aliphatic rings. The first kappa shape index (κ1) is 38.9. The summed E-state index contributed by atoms with van der Waals surface area (Å²) in [5.74, 6) is 0. The SMILES string of the molecule is Bc1c(B)c(B)c2c(c1B)c1c(B)c(-c3ccc4c(c3)c3c(-c5ccccc5)cccc3n4-c3ccc4c(c3)sc3ccccc34)c(B)c(B)c1n2-c1ccccc1-c1ccccc1. The zero-order valence-corrected chi connectivity index (χ0v) is 38.2. The van der Waals surface area contributed by atoms with E-state index in [-0.39, 0.29) is 0 Å². The molecule has 3 heterocycles. The summed E-state index contributed by atoms with van der Waals surface area (Å²) in [6.45, 7) is 0. The summed E-state index contributed by atoms with van der Waals surface area (Å²) in [6.07, 6.45) is 0. The third-order valence-electron chi connectivity index (χ3n) is 14.6. The fraction of sp³-hybridized carbons (Fsp3) is 0. The first-order chi connectivity index (χ1) is 31.2. The fourth-order valence-corrected chi connectivity index (χ4v) is 12.3. The van der Waals surface area contributed by atoms with Crippen molar-refractivity contribution in [2.24, 2.45) is 0 Å². The van der Waals surface area contributed by atoms with Gasteiger partial charge in [0.2, 0.25) is 0 Å². The molecule has 10 heteroatoms. The van der Waals surface area contributed by atoms with Gasteiger partial charge in [0.15, 0.2) is 0 Å². The molecular weight excluding hydrogens is 784 g/mol. The van der Waals surface area contributed by atoms with E-state index in [9.17, 15) is 0 Å². The lowest BCUT2D eigenvalue weighted by atomic mass is 9.64. The lowest BCUT2D eigenvalue weighted by Crippen LogP contribution is -2.48. The number of hydrogen-bond acceptors (Lipinski definition) is 1. The van der Waals surface area contributed by atoms with E-state index >= 15 is 0 Å². The van der Waals surface area contributed by atoms with E-state index in [1.165, 1.54) is 147 Å². The third kappa shape index (κ3) is 5.55. The monoisotopic (exact) mass is 826 g/mol. The van der Waals surface area contributed by atoms with Crippen molar-refractivity contribution < 1.29 is 0 Å². The van der Waals surface area contributed by atoms with Crippen LogP contribution in [0.4, 0.5) is 0 Å².